The third-order valence-electron chi connectivity index (χ3n) is 4.82. The quantitative estimate of drug-likeness (QED) is 0.730. The van der Waals surface area contributed by atoms with Crippen LogP contribution in [0.3, 0.4) is 0 Å². The third kappa shape index (κ3) is 5.06. The van der Waals surface area contributed by atoms with Crippen LogP contribution in [0, 0.1) is 5.92 Å². The number of nitrogens with zero attached hydrogens (tertiary/aromatic N) is 2. The van der Waals surface area contributed by atoms with Gasteiger partial charge in [0, 0.05) is 43.3 Å². The first-order valence-electron chi connectivity index (χ1n) is 8.87. The first kappa shape index (κ1) is 21.3. The van der Waals surface area contributed by atoms with Gasteiger partial charge in [0.25, 0.3) is 5.91 Å². The molecular formula is C18H28BrN3O3S. The number of amides is 1. The Balaban J connectivity index is 2.06. The van der Waals surface area contributed by atoms with Crippen molar-refractivity contribution < 1.29 is 13.2 Å². The topological polar surface area (TPSA) is 69.7 Å². The molecule has 2 rings (SSSR count). The molecule has 1 aliphatic heterocycles. The number of rotatable bonds is 6. The summed E-state index contributed by atoms with van der Waals surface area (Å²) in [5.41, 5.74) is 0.341. The number of benzene rings is 1. The van der Waals surface area contributed by atoms with Crippen LogP contribution < -0.4 is 5.32 Å². The molecular weight excluding hydrogens is 418 g/mol. The summed E-state index contributed by atoms with van der Waals surface area (Å²) in [4.78, 5) is 15.0. The lowest BCUT2D eigenvalue weighted by atomic mass is 9.99. The number of carbonyl (C=O) groups is 1. The maximum atomic E-state index is 12.5. The molecule has 1 saturated heterocycles. The second-order valence-corrected chi connectivity index (χ2v) is 10.2. The van der Waals surface area contributed by atoms with Crippen LogP contribution in [0.4, 0.5) is 0 Å². The summed E-state index contributed by atoms with van der Waals surface area (Å²) in [6.45, 7) is 7.02. The fourth-order valence-corrected chi connectivity index (χ4v) is 4.98. The third-order valence-corrected chi connectivity index (χ3v) is 7.63. The molecule has 146 valence electrons. The Morgan fingerprint density at radius 3 is 2.73 bits per heavy atom. The van der Waals surface area contributed by atoms with Crippen LogP contribution in [0.5, 0.6) is 0 Å². The highest BCUT2D eigenvalue weighted by molar-refractivity contribution is 9.10. The van der Waals surface area contributed by atoms with Gasteiger partial charge < -0.3 is 5.32 Å². The van der Waals surface area contributed by atoms with E-state index in [2.05, 4.69) is 40.0 Å². The highest BCUT2D eigenvalue weighted by Gasteiger charge is 2.23. The van der Waals surface area contributed by atoms with Crippen molar-refractivity contribution in [3.05, 3.63) is 28.2 Å². The maximum Gasteiger partial charge on any atom is 0.251 e. The zero-order chi connectivity index (χ0) is 19.5. The molecule has 0 bridgehead atoms. The Hall–Kier alpha value is -0.960. The Morgan fingerprint density at radius 2 is 2.12 bits per heavy atom. The van der Waals surface area contributed by atoms with Crippen LogP contribution in [0.25, 0.3) is 0 Å². The Bertz CT molecular complexity index is 752. The fourth-order valence-electron chi connectivity index (χ4n) is 3.14. The minimum absolute atomic E-state index is 0.0908. The van der Waals surface area contributed by atoms with E-state index in [4.69, 9.17) is 0 Å². The molecule has 0 spiro atoms. The van der Waals surface area contributed by atoms with E-state index in [1.807, 2.05) is 0 Å². The fraction of sp³-hybridized carbons (Fsp3) is 0.611. The average molecular weight is 446 g/mol. The SMILES string of the molecule is CC1CCCN(C(C)CNC(=O)c2ccc(Br)c(S(=O)(=O)N(C)C)c2)C1. The lowest BCUT2D eigenvalue weighted by molar-refractivity contribution is 0.0917. The molecule has 1 aromatic carbocycles. The van der Waals surface area contributed by atoms with Crippen LogP contribution in [0.15, 0.2) is 27.6 Å². The normalized spacial score (nSPS) is 20.2. The summed E-state index contributed by atoms with van der Waals surface area (Å²) in [6.07, 6.45) is 2.45. The summed E-state index contributed by atoms with van der Waals surface area (Å²) in [7, 11) is -0.684. The second kappa shape index (κ2) is 8.82. The van der Waals surface area contributed by atoms with E-state index >= 15 is 0 Å². The monoisotopic (exact) mass is 445 g/mol. The number of hydrogen-bond donors (Lipinski definition) is 1. The van der Waals surface area contributed by atoms with Crippen molar-refractivity contribution in [2.75, 3.05) is 33.7 Å². The van der Waals surface area contributed by atoms with Gasteiger partial charge in [-0.05, 0) is 66.4 Å². The largest absolute Gasteiger partial charge is 0.350 e. The van der Waals surface area contributed by atoms with Crippen molar-refractivity contribution in [1.82, 2.24) is 14.5 Å². The molecule has 0 radical (unpaired) electrons. The standard InChI is InChI=1S/C18H28BrN3O3S/c1-13-6-5-9-22(12-13)14(2)11-20-18(23)15-7-8-16(19)17(10-15)26(24,25)21(3)4/h7-8,10,13-14H,5-6,9,11-12H2,1-4H3,(H,20,23). The first-order chi connectivity index (χ1) is 12.1. The summed E-state index contributed by atoms with van der Waals surface area (Å²) in [5, 5.41) is 2.93. The number of nitrogens with one attached hydrogen (secondary N) is 1. The summed E-state index contributed by atoms with van der Waals surface area (Å²) in [5.74, 6) is 0.428. The number of piperidine rings is 1. The van der Waals surface area contributed by atoms with E-state index in [1.54, 1.807) is 12.1 Å². The Morgan fingerprint density at radius 1 is 1.42 bits per heavy atom. The van der Waals surface area contributed by atoms with E-state index in [9.17, 15) is 13.2 Å². The zero-order valence-electron chi connectivity index (χ0n) is 15.8. The van der Waals surface area contributed by atoms with Gasteiger partial charge in [0.1, 0.15) is 0 Å². The number of sulfonamides is 1. The Kier molecular flexibility index (Phi) is 7.24. The molecule has 1 fully saturated rings. The highest BCUT2D eigenvalue weighted by atomic mass is 79.9. The zero-order valence-corrected chi connectivity index (χ0v) is 18.2. The van der Waals surface area contributed by atoms with Gasteiger partial charge in [-0.15, -0.1) is 0 Å². The molecule has 1 aliphatic rings. The molecule has 8 heteroatoms. The van der Waals surface area contributed by atoms with E-state index in [1.165, 1.54) is 33.0 Å². The smallest absolute Gasteiger partial charge is 0.251 e. The maximum absolute atomic E-state index is 12.5. The van der Waals surface area contributed by atoms with Gasteiger partial charge in [-0.25, -0.2) is 12.7 Å². The average Bonchev–Trinajstić information content (AvgIpc) is 2.59. The van der Waals surface area contributed by atoms with Gasteiger partial charge >= 0.3 is 0 Å². The predicted octanol–water partition coefficient (Wildman–Crippen LogP) is 2.55. The first-order valence-corrected chi connectivity index (χ1v) is 11.1. The van der Waals surface area contributed by atoms with Crippen molar-refractivity contribution in [1.29, 1.82) is 0 Å². The van der Waals surface area contributed by atoms with E-state index in [-0.39, 0.29) is 16.8 Å². The van der Waals surface area contributed by atoms with Crippen LogP contribution >= 0.6 is 15.9 Å². The van der Waals surface area contributed by atoms with E-state index in [0.717, 1.165) is 17.4 Å². The van der Waals surface area contributed by atoms with Gasteiger partial charge in [-0.2, -0.15) is 0 Å². The second-order valence-electron chi connectivity index (χ2n) is 7.23. The highest BCUT2D eigenvalue weighted by Crippen LogP contribution is 2.25. The van der Waals surface area contributed by atoms with Gasteiger partial charge in [-0.1, -0.05) is 6.92 Å². The van der Waals surface area contributed by atoms with Crippen LogP contribution in [0.2, 0.25) is 0 Å². The van der Waals surface area contributed by atoms with Crippen molar-refractivity contribution in [2.24, 2.45) is 5.92 Å². The lowest BCUT2D eigenvalue weighted by Crippen LogP contribution is -2.46. The van der Waals surface area contributed by atoms with Gasteiger partial charge in [0.05, 0.1) is 4.90 Å². The predicted molar refractivity (Wildman–Crippen MR) is 107 cm³/mol. The Labute approximate surface area is 165 Å². The molecule has 1 N–H and O–H groups in total. The van der Waals surface area contributed by atoms with Gasteiger partial charge in [0.2, 0.25) is 10.0 Å². The van der Waals surface area contributed by atoms with Crippen molar-refractivity contribution in [3.63, 3.8) is 0 Å². The van der Waals surface area contributed by atoms with Crippen LogP contribution in [-0.2, 0) is 10.0 Å². The number of likely N-dealkylation sites (tertiary alicyclic amines) is 1. The molecule has 1 amide bonds. The summed E-state index contributed by atoms with van der Waals surface area (Å²) < 4.78 is 26.4. The molecule has 2 atom stereocenters. The lowest BCUT2D eigenvalue weighted by Gasteiger charge is -2.35. The number of halogens is 1. The van der Waals surface area contributed by atoms with Crippen molar-refractivity contribution >= 4 is 31.9 Å². The van der Waals surface area contributed by atoms with E-state index < -0.39 is 10.0 Å². The molecule has 1 aromatic rings. The minimum atomic E-state index is -3.62. The summed E-state index contributed by atoms with van der Waals surface area (Å²) in [6, 6.07) is 4.90. The number of hydrogen-bond acceptors (Lipinski definition) is 4. The molecule has 26 heavy (non-hydrogen) atoms. The molecule has 0 saturated carbocycles. The molecule has 1 heterocycles. The number of carbonyl (C=O) groups excluding carboxylic acids is 1. The van der Waals surface area contributed by atoms with Crippen LogP contribution in [0.1, 0.15) is 37.0 Å². The van der Waals surface area contributed by atoms with E-state index in [0.29, 0.717) is 22.5 Å². The molecule has 0 aliphatic carbocycles. The molecule has 6 nitrogen and oxygen atoms in total. The molecule has 0 aromatic heterocycles. The molecule has 2 unspecified atom stereocenters. The van der Waals surface area contributed by atoms with Crippen LogP contribution in [-0.4, -0.2) is 63.3 Å². The summed E-state index contributed by atoms with van der Waals surface area (Å²) >= 11 is 3.26. The van der Waals surface area contributed by atoms with Gasteiger partial charge in [0.15, 0.2) is 0 Å². The van der Waals surface area contributed by atoms with Crippen molar-refractivity contribution in [3.8, 4) is 0 Å². The minimum Gasteiger partial charge on any atom is -0.350 e. The van der Waals surface area contributed by atoms with Crippen molar-refractivity contribution in [2.45, 2.75) is 37.6 Å². The van der Waals surface area contributed by atoms with Gasteiger partial charge in [-0.3, -0.25) is 9.69 Å².